The van der Waals surface area contributed by atoms with E-state index in [4.69, 9.17) is 0 Å². The number of nitrogens with one attached hydrogen (secondary N) is 1. The predicted octanol–water partition coefficient (Wildman–Crippen LogP) is 2.06. The number of nitro benzene ring substituents is 1. The number of nitrogens with zero attached hydrogens (tertiary/aromatic N) is 2. The van der Waals surface area contributed by atoms with Gasteiger partial charge in [-0.05, 0) is 29.8 Å². The number of amides is 1. The molecular formula is C14H11N3O4. The van der Waals surface area contributed by atoms with Gasteiger partial charge in [0.25, 0.3) is 5.91 Å². The molecule has 7 nitrogen and oxygen atoms in total. The molecule has 0 aromatic heterocycles. The minimum Gasteiger partial charge on any atom is -0.502 e. The monoisotopic (exact) mass is 285 g/mol. The fraction of sp³-hybridized carbons (Fsp3) is 0. The summed E-state index contributed by atoms with van der Waals surface area (Å²) in [7, 11) is 0. The molecule has 0 fully saturated rings. The van der Waals surface area contributed by atoms with Crippen molar-refractivity contribution in [2.75, 3.05) is 0 Å². The van der Waals surface area contributed by atoms with Crippen molar-refractivity contribution in [3.8, 4) is 5.75 Å². The average molecular weight is 285 g/mol. The third kappa shape index (κ3) is 3.63. The molecule has 0 unspecified atom stereocenters. The van der Waals surface area contributed by atoms with E-state index in [1.165, 1.54) is 18.3 Å². The Bertz CT molecular complexity index is 699. The highest BCUT2D eigenvalue weighted by molar-refractivity contribution is 5.94. The first-order valence-electron chi connectivity index (χ1n) is 5.94. The van der Waals surface area contributed by atoms with Gasteiger partial charge >= 0.3 is 5.69 Å². The highest BCUT2D eigenvalue weighted by atomic mass is 16.6. The summed E-state index contributed by atoms with van der Waals surface area (Å²) in [5, 5.41) is 23.7. The van der Waals surface area contributed by atoms with Gasteiger partial charge in [0.1, 0.15) is 0 Å². The first kappa shape index (κ1) is 14.2. The number of phenols is 1. The maximum absolute atomic E-state index is 11.7. The van der Waals surface area contributed by atoms with Gasteiger partial charge in [-0.3, -0.25) is 14.9 Å². The Kier molecular flexibility index (Phi) is 4.25. The summed E-state index contributed by atoms with van der Waals surface area (Å²) in [5.41, 5.74) is 2.81. The van der Waals surface area contributed by atoms with E-state index in [2.05, 4.69) is 10.5 Å². The third-order valence-corrected chi connectivity index (χ3v) is 2.61. The summed E-state index contributed by atoms with van der Waals surface area (Å²) >= 11 is 0. The molecule has 2 rings (SSSR count). The molecule has 2 aromatic rings. The van der Waals surface area contributed by atoms with Crippen molar-refractivity contribution in [2.24, 2.45) is 5.10 Å². The number of phenolic OH excluding ortho intramolecular Hbond substituents is 1. The van der Waals surface area contributed by atoms with Crippen molar-refractivity contribution in [1.29, 1.82) is 0 Å². The smallest absolute Gasteiger partial charge is 0.310 e. The Balaban J connectivity index is 2.03. The number of rotatable bonds is 4. The maximum atomic E-state index is 11.7. The van der Waals surface area contributed by atoms with Crippen LogP contribution in [-0.2, 0) is 0 Å². The standard InChI is InChI=1S/C14H11N3O4/c18-13-8-10(6-7-12(13)17(20)21)9-15-16-14(19)11-4-2-1-3-5-11/h1-9,18H,(H,16,19)/b15-9+. The molecule has 0 aliphatic heterocycles. The van der Waals surface area contributed by atoms with Gasteiger partial charge in [0.05, 0.1) is 11.1 Å². The Morgan fingerprint density at radius 2 is 1.95 bits per heavy atom. The molecule has 0 aliphatic rings. The van der Waals surface area contributed by atoms with Crippen LogP contribution < -0.4 is 5.43 Å². The van der Waals surface area contributed by atoms with Crippen molar-refractivity contribution in [1.82, 2.24) is 5.43 Å². The van der Waals surface area contributed by atoms with Crippen molar-refractivity contribution in [3.05, 3.63) is 69.8 Å². The summed E-state index contributed by atoms with van der Waals surface area (Å²) in [4.78, 5) is 21.5. The van der Waals surface area contributed by atoms with Crippen molar-refractivity contribution in [3.63, 3.8) is 0 Å². The van der Waals surface area contributed by atoms with Crippen LogP contribution in [0.2, 0.25) is 0 Å². The topological polar surface area (TPSA) is 105 Å². The number of hydrazone groups is 1. The van der Waals surface area contributed by atoms with Crippen LogP contribution in [0.15, 0.2) is 53.6 Å². The van der Waals surface area contributed by atoms with Gasteiger partial charge in [-0.15, -0.1) is 0 Å². The van der Waals surface area contributed by atoms with Crippen LogP contribution >= 0.6 is 0 Å². The molecule has 0 spiro atoms. The lowest BCUT2D eigenvalue weighted by Crippen LogP contribution is -2.17. The molecule has 0 radical (unpaired) electrons. The van der Waals surface area contributed by atoms with Crippen LogP contribution in [-0.4, -0.2) is 22.2 Å². The van der Waals surface area contributed by atoms with E-state index < -0.39 is 10.7 Å². The highest BCUT2D eigenvalue weighted by Gasteiger charge is 2.12. The van der Waals surface area contributed by atoms with E-state index in [0.717, 1.165) is 6.07 Å². The minimum absolute atomic E-state index is 0.377. The Hall–Kier alpha value is -3.22. The first-order chi connectivity index (χ1) is 10.1. The zero-order valence-corrected chi connectivity index (χ0v) is 10.8. The molecular weight excluding hydrogens is 274 g/mol. The molecule has 0 heterocycles. The summed E-state index contributed by atoms with van der Waals surface area (Å²) in [6, 6.07) is 12.3. The van der Waals surface area contributed by atoms with E-state index in [-0.39, 0.29) is 11.6 Å². The summed E-state index contributed by atoms with van der Waals surface area (Å²) in [6.45, 7) is 0. The molecule has 0 saturated carbocycles. The van der Waals surface area contributed by atoms with Gasteiger partial charge in [0, 0.05) is 11.6 Å². The SMILES string of the molecule is O=C(N/N=C/c1ccc([N+](=O)[O-])c(O)c1)c1ccccc1. The van der Waals surface area contributed by atoms with E-state index in [1.54, 1.807) is 30.3 Å². The minimum atomic E-state index is -0.687. The fourth-order valence-electron chi connectivity index (χ4n) is 1.59. The normalized spacial score (nSPS) is 10.5. The van der Waals surface area contributed by atoms with Crippen molar-refractivity contribution >= 4 is 17.8 Å². The largest absolute Gasteiger partial charge is 0.502 e. The molecule has 2 aromatic carbocycles. The van der Waals surface area contributed by atoms with E-state index >= 15 is 0 Å². The second-order valence-corrected chi connectivity index (χ2v) is 4.07. The van der Waals surface area contributed by atoms with Gasteiger partial charge < -0.3 is 5.11 Å². The van der Waals surface area contributed by atoms with E-state index in [9.17, 15) is 20.0 Å². The second kappa shape index (κ2) is 6.29. The zero-order valence-electron chi connectivity index (χ0n) is 10.8. The van der Waals surface area contributed by atoms with Crippen LogP contribution in [0.4, 0.5) is 5.69 Å². The molecule has 0 saturated heterocycles. The van der Waals surface area contributed by atoms with Gasteiger partial charge in [-0.25, -0.2) is 5.43 Å². The number of benzene rings is 2. The van der Waals surface area contributed by atoms with Crippen LogP contribution in [0.5, 0.6) is 5.75 Å². The maximum Gasteiger partial charge on any atom is 0.310 e. The van der Waals surface area contributed by atoms with Gasteiger partial charge in [-0.1, -0.05) is 18.2 Å². The molecule has 21 heavy (non-hydrogen) atoms. The number of hydrogen-bond acceptors (Lipinski definition) is 5. The first-order valence-corrected chi connectivity index (χ1v) is 5.94. The van der Waals surface area contributed by atoms with E-state index in [1.807, 2.05) is 0 Å². The molecule has 0 bridgehead atoms. The number of nitro groups is 1. The highest BCUT2D eigenvalue weighted by Crippen LogP contribution is 2.25. The van der Waals surface area contributed by atoms with Gasteiger partial charge in [0.2, 0.25) is 0 Å². The Morgan fingerprint density at radius 3 is 2.57 bits per heavy atom. The molecule has 7 heteroatoms. The van der Waals surface area contributed by atoms with Gasteiger partial charge in [0.15, 0.2) is 5.75 Å². The second-order valence-electron chi connectivity index (χ2n) is 4.07. The fourth-order valence-corrected chi connectivity index (χ4v) is 1.59. The number of aromatic hydroxyl groups is 1. The van der Waals surface area contributed by atoms with Crippen LogP contribution in [0.25, 0.3) is 0 Å². The number of carbonyl (C=O) groups excluding carboxylic acids is 1. The van der Waals surface area contributed by atoms with Gasteiger partial charge in [-0.2, -0.15) is 5.10 Å². The lowest BCUT2D eigenvalue weighted by molar-refractivity contribution is -0.385. The lowest BCUT2D eigenvalue weighted by atomic mass is 10.2. The van der Waals surface area contributed by atoms with Crippen LogP contribution in [0, 0.1) is 10.1 Å². The Morgan fingerprint density at radius 1 is 1.24 bits per heavy atom. The molecule has 106 valence electrons. The molecule has 0 atom stereocenters. The molecule has 2 N–H and O–H groups in total. The Labute approximate surface area is 119 Å². The summed E-state index contributed by atoms with van der Waals surface area (Å²) < 4.78 is 0. The van der Waals surface area contributed by atoms with Crippen molar-refractivity contribution < 1.29 is 14.8 Å². The zero-order chi connectivity index (χ0) is 15.2. The third-order valence-electron chi connectivity index (χ3n) is 2.61. The lowest BCUT2D eigenvalue weighted by Gasteiger charge is -1.99. The number of carbonyl (C=O) groups is 1. The number of hydrogen-bond donors (Lipinski definition) is 2. The average Bonchev–Trinajstić information content (AvgIpc) is 2.47. The quantitative estimate of drug-likeness (QED) is 0.509. The van der Waals surface area contributed by atoms with Crippen molar-refractivity contribution in [2.45, 2.75) is 0 Å². The summed E-state index contributed by atoms with van der Waals surface area (Å²) in [6.07, 6.45) is 1.28. The summed E-state index contributed by atoms with van der Waals surface area (Å²) in [5.74, 6) is -0.837. The van der Waals surface area contributed by atoms with Crippen LogP contribution in [0.1, 0.15) is 15.9 Å². The molecule has 0 aliphatic carbocycles. The molecule has 1 amide bonds. The van der Waals surface area contributed by atoms with E-state index in [0.29, 0.717) is 11.1 Å². The van der Waals surface area contributed by atoms with Crippen LogP contribution in [0.3, 0.4) is 0 Å². The predicted molar refractivity (Wildman–Crippen MR) is 76.3 cm³/mol.